The fraction of sp³-hybridized carbons (Fsp3) is 0.500. The molecule has 1 aliphatic rings. The first kappa shape index (κ1) is 13.0. The van der Waals surface area contributed by atoms with Gasteiger partial charge in [-0.05, 0) is 18.9 Å². The molecule has 1 saturated heterocycles. The molecule has 1 aliphatic heterocycles. The van der Waals surface area contributed by atoms with Gasteiger partial charge in [-0.25, -0.2) is 4.39 Å². The van der Waals surface area contributed by atoms with E-state index in [1.807, 2.05) is 11.0 Å². The predicted octanol–water partition coefficient (Wildman–Crippen LogP) is 1.93. The van der Waals surface area contributed by atoms with Gasteiger partial charge in [-0.15, -0.1) is 0 Å². The monoisotopic (exact) mass is 250 g/mol. The lowest BCUT2D eigenvalue weighted by Crippen LogP contribution is -2.44. The van der Waals surface area contributed by atoms with E-state index in [1.54, 1.807) is 19.1 Å². The van der Waals surface area contributed by atoms with Gasteiger partial charge in [0.15, 0.2) is 0 Å². The minimum atomic E-state index is -0.161. The summed E-state index contributed by atoms with van der Waals surface area (Å²) in [6.07, 6.45) is 1.88. The number of halogens is 1. The number of carbonyl (C=O) groups excluding carboxylic acids is 1. The van der Waals surface area contributed by atoms with Gasteiger partial charge in [0.25, 0.3) is 0 Å². The summed E-state index contributed by atoms with van der Waals surface area (Å²) in [5.74, 6) is -0.0197. The lowest BCUT2D eigenvalue weighted by Gasteiger charge is -2.31. The van der Waals surface area contributed by atoms with Crippen LogP contribution in [0, 0.1) is 5.82 Å². The van der Waals surface area contributed by atoms with E-state index in [4.69, 9.17) is 0 Å². The Morgan fingerprint density at radius 3 is 2.67 bits per heavy atom. The molecule has 0 aromatic heterocycles. The Labute approximate surface area is 107 Å². The molecule has 0 spiro atoms. The first-order valence-corrected chi connectivity index (χ1v) is 6.39. The van der Waals surface area contributed by atoms with Gasteiger partial charge >= 0.3 is 0 Å². The zero-order chi connectivity index (χ0) is 13.0. The molecule has 1 aromatic carbocycles. The van der Waals surface area contributed by atoms with Crippen LogP contribution in [0.3, 0.4) is 0 Å². The van der Waals surface area contributed by atoms with Crippen molar-refractivity contribution >= 4 is 5.91 Å². The number of hydrogen-bond donors (Lipinski definition) is 1. The number of carbonyl (C=O) groups is 1. The average Bonchev–Trinajstić information content (AvgIpc) is 2.38. The highest BCUT2D eigenvalue weighted by atomic mass is 19.1. The van der Waals surface area contributed by atoms with Gasteiger partial charge in [0.1, 0.15) is 5.82 Å². The molecule has 1 N–H and O–H groups in total. The fourth-order valence-corrected chi connectivity index (χ4v) is 2.29. The van der Waals surface area contributed by atoms with Crippen molar-refractivity contribution < 1.29 is 9.18 Å². The number of benzene rings is 1. The van der Waals surface area contributed by atoms with Crippen LogP contribution in [0.5, 0.6) is 0 Å². The average molecular weight is 250 g/mol. The van der Waals surface area contributed by atoms with Crippen LogP contribution in [0.25, 0.3) is 0 Å². The second-order valence-corrected chi connectivity index (χ2v) is 4.75. The predicted molar refractivity (Wildman–Crippen MR) is 68.5 cm³/mol. The third-order valence-electron chi connectivity index (χ3n) is 3.48. The van der Waals surface area contributed by atoms with E-state index in [0.717, 1.165) is 25.9 Å². The van der Waals surface area contributed by atoms with Crippen LogP contribution in [0.4, 0.5) is 4.39 Å². The van der Waals surface area contributed by atoms with Crippen LogP contribution >= 0.6 is 0 Å². The zero-order valence-electron chi connectivity index (χ0n) is 10.7. The summed E-state index contributed by atoms with van der Waals surface area (Å²) in [5, 5.41) is 3.36. The SMILES string of the molecule is CC(=O)N1CCC(NCc2ccccc2F)CC1. The first-order chi connectivity index (χ1) is 8.66. The molecule has 2 rings (SSSR count). The van der Waals surface area contributed by atoms with Gasteiger partial charge in [0.2, 0.25) is 5.91 Å². The van der Waals surface area contributed by atoms with Gasteiger partial charge in [0.05, 0.1) is 0 Å². The lowest BCUT2D eigenvalue weighted by molar-refractivity contribution is -0.129. The molecule has 98 valence electrons. The molecular weight excluding hydrogens is 231 g/mol. The third kappa shape index (κ3) is 3.29. The van der Waals surface area contributed by atoms with Crippen molar-refractivity contribution in [2.75, 3.05) is 13.1 Å². The summed E-state index contributed by atoms with van der Waals surface area (Å²) in [4.78, 5) is 13.0. The van der Waals surface area contributed by atoms with Gasteiger partial charge in [-0.2, -0.15) is 0 Å². The lowest BCUT2D eigenvalue weighted by atomic mass is 10.0. The largest absolute Gasteiger partial charge is 0.343 e. The number of piperidine rings is 1. The van der Waals surface area contributed by atoms with E-state index in [-0.39, 0.29) is 11.7 Å². The van der Waals surface area contributed by atoms with Crippen LogP contribution in [0.15, 0.2) is 24.3 Å². The van der Waals surface area contributed by atoms with Crippen molar-refractivity contribution in [2.45, 2.75) is 32.4 Å². The normalized spacial score (nSPS) is 16.9. The summed E-state index contributed by atoms with van der Waals surface area (Å²) in [6, 6.07) is 7.20. The maximum atomic E-state index is 13.4. The number of nitrogens with zero attached hydrogens (tertiary/aromatic N) is 1. The van der Waals surface area contributed by atoms with Crippen molar-refractivity contribution in [1.29, 1.82) is 0 Å². The van der Waals surface area contributed by atoms with Crippen LogP contribution in [-0.2, 0) is 11.3 Å². The number of rotatable bonds is 3. The van der Waals surface area contributed by atoms with Gasteiger partial charge in [-0.1, -0.05) is 18.2 Å². The summed E-state index contributed by atoms with van der Waals surface area (Å²) in [6.45, 7) is 3.75. The van der Waals surface area contributed by atoms with E-state index in [1.165, 1.54) is 6.07 Å². The van der Waals surface area contributed by atoms with Gasteiger partial charge in [-0.3, -0.25) is 4.79 Å². The second kappa shape index (κ2) is 5.96. The van der Waals surface area contributed by atoms with E-state index in [2.05, 4.69) is 5.32 Å². The molecule has 0 bridgehead atoms. The molecule has 0 atom stereocenters. The third-order valence-corrected chi connectivity index (χ3v) is 3.48. The molecule has 1 amide bonds. The highest BCUT2D eigenvalue weighted by Crippen LogP contribution is 2.12. The summed E-state index contributed by atoms with van der Waals surface area (Å²) in [7, 11) is 0. The van der Waals surface area contributed by atoms with E-state index >= 15 is 0 Å². The Hall–Kier alpha value is -1.42. The smallest absolute Gasteiger partial charge is 0.219 e. The molecule has 0 radical (unpaired) electrons. The quantitative estimate of drug-likeness (QED) is 0.889. The van der Waals surface area contributed by atoms with Gasteiger partial charge < -0.3 is 10.2 Å². The molecule has 1 aromatic rings. The molecule has 0 saturated carbocycles. The van der Waals surface area contributed by atoms with Crippen LogP contribution in [0.1, 0.15) is 25.3 Å². The number of likely N-dealkylation sites (tertiary alicyclic amines) is 1. The van der Waals surface area contributed by atoms with Crippen LogP contribution in [-0.4, -0.2) is 29.9 Å². The highest BCUT2D eigenvalue weighted by Gasteiger charge is 2.20. The van der Waals surface area contributed by atoms with E-state index in [9.17, 15) is 9.18 Å². The highest BCUT2D eigenvalue weighted by molar-refractivity contribution is 5.73. The molecule has 3 nitrogen and oxygen atoms in total. The van der Waals surface area contributed by atoms with Gasteiger partial charge in [0, 0.05) is 38.2 Å². The minimum Gasteiger partial charge on any atom is -0.343 e. The molecular formula is C14H19FN2O. The Bertz CT molecular complexity index is 414. The molecule has 18 heavy (non-hydrogen) atoms. The van der Waals surface area contributed by atoms with E-state index < -0.39 is 0 Å². The molecule has 4 heteroatoms. The number of hydrogen-bond acceptors (Lipinski definition) is 2. The molecule has 0 unspecified atom stereocenters. The maximum Gasteiger partial charge on any atom is 0.219 e. The van der Waals surface area contributed by atoms with Crippen LogP contribution in [0.2, 0.25) is 0 Å². The molecule has 0 aliphatic carbocycles. The Morgan fingerprint density at radius 2 is 2.06 bits per heavy atom. The zero-order valence-corrected chi connectivity index (χ0v) is 10.7. The summed E-state index contributed by atoms with van der Waals surface area (Å²) >= 11 is 0. The van der Waals surface area contributed by atoms with Crippen molar-refractivity contribution in [3.63, 3.8) is 0 Å². The summed E-state index contributed by atoms with van der Waals surface area (Å²) in [5.41, 5.74) is 0.700. The van der Waals surface area contributed by atoms with Crippen molar-refractivity contribution in [3.8, 4) is 0 Å². The second-order valence-electron chi connectivity index (χ2n) is 4.75. The Morgan fingerprint density at radius 1 is 1.39 bits per heavy atom. The van der Waals surface area contributed by atoms with Crippen molar-refractivity contribution in [2.24, 2.45) is 0 Å². The van der Waals surface area contributed by atoms with Crippen molar-refractivity contribution in [1.82, 2.24) is 10.2 Å². The molecule has 1 fully saturated rings. The first-order valence-electron chi connectivity index (χ1n) is 6.39. The van der Waals surface area contributed by atoms with Crippen LogP contribution < -0.4 is 5.32 Å². The Balaban J connectivity index is 1.79. The molecule has 1 heterocycles. The standard InChI is InChI=1S/C14H19FN2O/c1-11(18)17-8-6-13(7-9-17)16-10-12-4-2-3-5-14(12)15/h2-5,13,16H,6-10H2,1H3. The topological polar surface area (TPSA) is 32.3 Å². The number of amides is 1. The fourth-order valence-electron chi connectivity index (χ4n) is 2.29. The Kier molecular flexibility index (Phi) is 4.31. The van der Waals surface area contributed by atoms with E-state index in [0.29, 0.717) is 18.2 Å². The van der Waals surface area contributed by atoms with Crippen molar-refractivity contribution in [3.05, 3.63) is 35.6 Å². The minimum absolute atomic E-state index is 0.141. The summed E-state index contributed by atoms with van der Waals surface area (Å²) < 4.78 is 13.4. The number of nitrogens with one attached hydrogen (secondary N) is 1. The maximum absolute atomic E-state index is 13.4.